The van der Waals surface area contributed by atoms with Crippen molar-refractivity contribution in [3.8, 4) is 0 Å². The maximum absolute atomic E-state index is 13.5. The van der Waals surface area contributed by atoms with Crippen molar-refractivity contribution in [1.82, 2.24) is 15.0 Å². The first-order valence-corrected chi connectivity index (χ1v) is 14.6. The fourth-order valence-corrected chi connectivity index (χ4v) is 5.82. The minimum atomic E-state index is -3.86. The van der Waals surface area contributed by atoms with Gasteiger partial charge >= 0.3 is 11.8 Å². The van der Waals surface area contributed by atoms with Crippen LogP contribution in [0.4, 0.5) is 0 Å². The number of nitrogens with one attached hydrogen (secondary N) is 2. The summed E-state index contributed by atoms with van der Waals surface area (Å²) >= 11 is 6.00. The number of hydrazone groups is 1. The van der Waals surface area contributed by atoms with Gasteiger partial charge in [-0.1, -0.05) is 60.7 Å². The van der Waals surface area contributed by atoms with E-state index < -0.39 is 21.8 Å². The second-order valence-electron chi connectivity index (χ2n) is 9.52. The van der Waals surface area contributed by atoms with E-state index in [1.54, 1.807) is 60.7 Å². The summed E-state index contributed by atoms with van der Waals surface area (Å²) in [5, 5.41) is 7.09. The molecule has 2 amide bonds. The lowest BCUT2D eigenvalue weighted by Crippen LogP contribution is -2.44. The first-order chi connectivity index (χ1) is 18.7. The van der Waals surface area contributed by atoms with Crippen LogP contribution in [0.3, 0.4) is 0 Å². The number of furan rings is 1. The van der Waals surface area contributed by atoms with Gasteiger partial charge in [-0.25, -0.2) is 13.8 Å². The van der Waals surface area contributed by atoms with Gasteiger partial charge in [0.05, 0.1) is 17.7 Å². The first-order valence-electron chi connectivity index (χ1n) is 12.7. The molecule has 4 rings (SSSR count). The predicted molar refractivity (Wildman–Crippen MR) is 149 cm³/mol. The van der Waals surface area contributed by atoms with Gasteiger partial charge in [-0.3, -0.25) is 9.59 Å². The van der Waals surface area contributed by atoms with E-state index in [-0.39, 0.29) is 29.8 Å². The Morgan fingerprint density at radius 3 is 2.36 bits per heavy atom. The quantitative estimate of drug-likeness (QED) is 0.222. The van der Waals surface area contributed by atoms with Gasteiger partial charge in [0.1, 0.15) is 11.5 Å². The lowest BCUT2D eigenvalue weighted by Gasteiger charge is -2.22. The molecular weight excluding hydrogens is 540 g/mol. The maximum atomic E-state index is 13.5. The summed E-state index contributed by atoms with van der Waals surface area (Å²) in [4.78, 5) is 24.3. The van der Waals surface area contributed by atoms with Crippen LogP contribution in [0.5, 0.6) is 0 Å². The zero-order chi connectivity index (χ0) is 27.8. The van der Waals surface area contributed by atoms with Crippen LogP contribution in [0, 0.1) is 6.92 Å². The molecule has 0 saturated heterocycles. The van der Waals surface area contributed by atoms with E-state index >= 15 is 0 Å². The van der Waals surface area contributed by atoms with Gasteiger partial charge in [0.25, 0.3) is 0 Å². The predicted octanol–water partition coefficient (Wildman–Crippen LogP) is 4.53. The van der Waals surface area contributed by atoms with Crippen molar-refractivity contribution in [3.05, 3.63) is 88.3 Å². The summed E-state index contributed by atoms with van der Waals surface area (Å²) in [6.07, 6.45) is 6.21. The zero-order valence-corrected chi connectivity index (χ0v) is 23.2. The van der Waals surface area contributed by atoms with E-state index in [1.165, 1.54) is 10.5 Å². The molecule has 1 heterocycles. The van der Waals surface area contributed by atoms with E-state index in [0.717, 1.165) is 43.2 Å². The van der Waals surface area contributed by atoms with Gasteiger partial charge in [-0.05, 0) is 61.7 Å². The molecule has 1 aromatic heterocycles. The molecular formula is C28H31ClN4O5S. The lowest BCUT2D eigenvalue weighted by molar-refractivity contribution is -0.139. The van der Waals surface area contributed by atoms with Gasteiger partial charge in [0.15, 0.2) is 0 Å². The van der Waals surface area contributed by atoms with Crippen molar-refractivity contribution in [3.63, 3.8) is 0 Å². The number of carbonyl (C=O) groups is 2. The van der Waals surface area contributed by atoms with E-state index in [2.05, 4.69) is 15.8 Å². The van der Waals surface area contributed by atoms with Crippen LogP contribution in [0.25, 0.3) is 0 Å². The Morgan fingerprint density at radius 2 is 1.67 bits per heavy atom. The number of hydrogen-bond donors (Lipinski definition) is 2. The summed E-state index contributed by atoms with van der Waals surface area (Å²) in [5.74, 6) is -0.917. The Hall–Kier alpha value is -3.47. The first kappa shape index (κ1) is 28.5. The smallest absolute Gasteiger partial charge is 0.329 e. The zero-order valence-electron chi connectivity index (χ0n) is 21.6. The summed E-state index contributed by atoms with van der Waals surface area (Å²) in [7, 11) is -3.86. The molecule has 1 aliphatic carbocycles. The number of rotatable bonds is 9. The van der Waals surface area contributed by atoms with Gasteiger partial charge in [0.2, 0.25) is 10.0 Å². The molecule has 1 saturated carbocycles. The standard InChI is InChI=1S/C28H31ClN4O5S/c1-20-7-15-26(16-8-20)39(36,37)33(18-21-9-11-22(29)12-10-21)19-25-14-13-24(38-25)17-30-32-28(35)27(34)31-23-5-3-2-4-6-23/h7-17,23H,2-6,18-19H2,1H3,(H,31,34)(H,32,35)/b30-17+. The Labute approximate surface area is 233 Å². The van der Waals surface area contributed by atoms with Crippen LogP contribution in [-0.4, -0.2) is 36.8 Å². The van der Waals surface area contributed by atoms with Gasteiger partial charge in [-0.2, -0.15) is 9.41 Å². The Balaban J connectivity index is 1.42. The Bertz CT molecular complexity index is 1410. The number of benzene rings is 2. The van der Waals surface area contributed by atoms with Gasteiger partial charge < -0.3 is 9.73 Å². The van der Waals surface area contributed by atoms with Crippen LogP contribution >= 0.6 is 11.6 Å². The number of hydrogen-bond acceptors (Lipinski definition) is 6. The van der Waals surface area contributed by atoms with Crippen LogP contribution in [0.1, 0.15) is 54.8 Å². The van der Waals surface area contributed by atoms with E-state index in [9.17, 15) is 18.0 Å². The second kappa shape index (κ2) is 13.1. The highest BCUT2D eigenvalue weighted by atomic mass is 35.5. The number of carbonyl (C=O) groups excluding carboxylic acids is 2. The minimum Gasteiger partial charge on any atom is -0.459 e. The van der Waals surface area contributed by atoms with Crippen molar-refractivity contribution < 1.29 is 22.4 Å². The topological polar surface area (TPSA) is 121 Å². The number of halogens is 1. The van der Waals surface area contributed by atoms with Crippen molar-refractivity contribution >= 4 is 39.7 Å². The third-order valence-electron chi connectivity index (χ3n) is 6.45. The number of nitrogens with zero attached hydrogens (tertiary/aromatic N) is 2. The second-order valence-corrected chi connectivity index (χ2v) is 11.9. The largest absolute Gasteiger partial charge is 0.459 e. The van der Waals surface area contributed by atoms with Crippen molar-refractivity contribution in [2.45, 2.75) is 63.1 Å². The van der Waals surface area contributed by atoms with E-state index in [1.807, 2.05) is 6.92 Å². The van der Waals surface area contributed by atoms with Crippen molar-refractivity contribution in [1.29, 1.82) is 0 Å². The van der Waals surface area contributed by atoms with E-state index in [4.69, 9.17) is 16.0 Å². The number of aryl methyl sites for hydroxylation is 1. The van der Waals surface area contributed by atoms with Crippen LogP contribution < -0.4 is 10.7 Å². The number of amides is 2. The Morgan fingerprint density at radius 1 is 0.974 bits per heavy atom. The molecule has 1 aliphatic rings. The normalized spacial score (nSPS) is 14.5. The molecule has 3 aromatic rings. The SMILES string of the molecule is Cc1ccc(S(=O)(=O)N(Cc2ccc(Cl)cc2)Cc2ccc(/C=N/NC(=O)C(=O)NC3CCCCC3)o2)cc1. The van der Waals surface area contributed by atoms with Gasteiger partial charge in [-0.15, -0.1) is 0 Å². The molecule has 2 aromatic carbocycles. The molecule has 1 fully saturated rings. The molecule has 0 atom stereocenters. The number of sulfonamides is 1. The fourth-order valence-electron chi connectivity index (χ4n) is 4.30. The molecule has 0 bridgehead atoms. The van der Waals surface area contributed by atoms with Crippen molar-refractivity contribution in [2.75, 3.05) is 0 Å². The highest BCUT2D eigenvalue weighted by Crippen LogP contribution is 2.23. The fraction of sp³-hybridized carbons (Fsp3) is 0.321. The minimum absolute atomic E-state index is 0.0145. The van der Waals surface area contributed by atoms with E-state index in [0.29, 0.717) is 10.8 Å². The highest BCUT2D eigenvalue weighted by molar-refractivity contribution is 7.89. The van der Waals surface area contributed by atoms with Crippen LogP contribution in [0.15, 0.2) is 75.1 Å². The lowest BCUT2D eigenvalue weighted by atomic mass is 9.95. The molecule has 0 aliphatic heterocycles. The third kappa shape index (κ3) is 8.01. The van der Waals surface area contributed by atoms with Crippen LogP contribution in [-0.2, 0) is 32.7 Å². The third-order valence-corrected chi connectivity index (χ3v) is 8.51. The summed E-state index contributed by atoms with van der Waals surface area (Å²) in [6.45, 7) is 1.95. The molecule has 0 radical (unpaired) electrons. The Kier molecular flexibility index (Phi) is 9.55. The highest BCUT2D eigenvalue weighted by Gasteiger charge is 2.26. The average Bonchev–Trinajstić information content (AvgIpc) is 3.37. The molecule has 9 nitrogen and oxygen atoms in total. The summed E-state index contributed by atoms with van der Waals surface area (Å²) in [6, 6.07) is 16.9. The molecule has 0 unspecified atom stereocenters. The summed E-state index contributed by atoms with van der Waals surface area (Å²) < 4.78 is 34.1. The molecule has 2 N–H and O–H groups in total. The molecule has 0 spiro atoms. The van der Waals surface area contributed by atoms with Crippen molar-refractivity contribution in [2.24, 2.45) is 5.10 Å². The monoisotopic (exact) mass is 570 g/mol. The molecule has 206 valence electrons. The molecule has 11 heteroatoms. The maximum Gasteiger partial charge on any atom is 0.329 e. The average molecular weight is 571 g/mol. The molecule has 39 heavy (non-hydrogen) atoms. The van der Waals surface area contributed by atoms with Crippen LogP contribution in [0.2, 0.25) is 5.02 Å². The summed E-state index contributed by atoms with van der Waals surface area (Å²) in [5.41, 5.74) is 3.91. The van der Waals surface area contributed by atoms with Gasteiger partial charge in [0, 0.05) is 17.6 Å².